The fraction of sp³-hybridized carbons (Fsp3) is 0.167. The molecule has 1 nitrogen and oxygen atoms in total. The number of halogens is 2. The van der Waals surface area contributed by atoms with E-state index in [0.717, 1.165) is 5.57 Å². The number of rotatable bonds is 0. The highest BCUT2D eigenvalue weighted by atomic mass is 35.5. The van der Waals surface area contributed by atoms with Crippen LogP contribution in [0.15, 0.2) is 25.4 Å². The van der Waals surface area contributed by atoms with Gasteiger partial charge in [0.1, 0.15) is 0 Å². The molecule has 4 heteroatoms. The molecule has 0 saturated carbocycles. The van der Waals surface area contributed by atoms with Crippen LogP contribution in [-0.2, 0) is 0 Å². The van der Waals surface area contributed by atoms with Crippen LogP contribution in [0.1, 0.15) is 6.92 Å². The Kier molecular flexibility index (Phi) is 2.83. The van der Waals surface area contributed by atoms with E-state index < -0.39 is 0 Å². The van der Waals surface area contributed by atoms with Crippen molar-refractivity contribution in [2.75, 3.05) is 0 Å². The van der Waals surface area contributed by atoms with Crippen LogP contribution in [0.4, 0.5) is 0 Å². The van der Waals surface area contributed by atoms with Crippen molar-refractivity contribution in [2.45, 2.75) is 6.92 Å². The second-order valence-corrected chi connectivity index (χ2v) is 3.25. The van der Waals surface area contributed by atoms with E-state index in [1.165, 1.54) is 11.9 Å². The molecule has 10 heavy (non-hydrogen) atoms. The monoisotopic (exact) mass is 193 g/mol. The molecule has 0 N–H and O–H groups in total. The van der Waals surface area contributed by atoms with Gasteiger partial charge in [0, 0.05) is 17.4 Å². The molecule has 0 aromatic rings. The molecular weight excluding hydrogens is 189 g/mol. The molecule has 1 aliphatic heterocycles. The third-order valence-electron chi connectivity index (χ3n) is 1.10. The lowest BCUT2D eigenvalue weighted by molar-refractivity contribution is 1.51. The largest absolute Gasteiger partial charge is 0.218 e. The van der Waals surface area contributed by atoms with Gasteiger partial charge in [0.05, 0.1) is 16.3 Å². The summed E-state index contributed by atoms with van der Waals surface area (Å²) in [5.41, 5.74) is 0.872. The van der Waals surface area contributed by atoms with Crippen molar-refractivity contribution in [3.63, 3.8) is 0 Å². The molecule has 0 fully saturated rings. The Bertz CT molecular complexity index is 230. The molecule has 0 aromatic heterocycles. The Balaban J connectivity index is 3.02. The van der Waals surface area contributed by atoms with Crippen LogP contribution >= 0.6 is 35.1 Å². The van der Waals surface area contributed by atoms with Crippen LogP contribution in [0.2, 0.25) is 0 Å². The fourth-order valence-electron chi connectivity index (χ4n) is 0.453. The van der Waals surface area contributed by atoms with Crippen LogP contribution < -0.4 is 0 Å². The molecule has 0 amide bonds. The Hall–Kier alpha value is 0.0800. The molecule has 54 valence electrons. The average Bonchev–Trinajstić information content (AvgIpc) is 2.04. The highest BCUT2D eigenvalue weighted by Gasteiger charge is 2.03. The van der Waals surface area contributed by atoms with Crippen molar-refractivity contribution in [1.29, 1.82) is 0 Å². The van der Waals surface area contributed by atoms with Crippen molar-refractivity contribution in [3.8, 4) is 0 Å². The summed E-state index contributed by atoms with van der Waals surface area (Å²) < 4.78 is 3.89. The van der Waals surface area contributed by atoms with Crippen molar-refractivity contribution in [3.05, 3.63) is 21.0 Å². The van der Waals surface area contributed by atoms with Gasteiger partial charge < -0.3 is 0 Å². The first-order chi connectivity index (χ1) is 4.72. The number of hydrogen-bond acceptors (Lipinski definition) is 2. The van der Waals surface area contributed by atoms with E-state index in [9.17, 15) is 0 Å². The first-order valence-corrected chi connectivity index (χ1v) is 4.22. The zero-order valence-electron chi connectivity index (χ0n) is 5.27. The summed E-state index contributed by atoms with van der Waals surface area (Å²) in [6, 6.07) is 0. The minimum atomic E-state index is 0.603. The minimum absolute atomic E-state index is 0.603. The van der Waals surface area contributed by atoms with Gasteiger partial charge in [0.2, 0.25) is 0 Å². The first kappa shape index (κ1) is 8.18. The van der Waals surface area contributed by atoms with Crippen LogP contribution in [0.3, 0.4) is 0 Å². The first-order valence-electron chi connectivity index (χ1n) is 2.63. The van der Waals surface area contributed by atoms with Crippen molar-refractivity contribution in [2.24, 2.45) is 4.40 Å². The minimum Gasteiger partial charge on any atom is -0.218 e. The van der Waals surface area contributed by atoms with Crippen LogP contribution in [0, 0.1) is 0 Å². The third-order valence-corrected chi connectivity index (χ3v) is 2.57. The van der Waals surface area contributed by atoms with Gasteiger partial charge in [0.15, 0.2) is 0 Å². The van der Waals surface area contributed by atoms with Gasteiger partial charge in [-0.15, -0.1) is 0 Å². The van der Waals surface area contributed by atoms with Gasteiger partial charge in [-0.1, -0.05) is 23.2 Å². The maximum atomic E-state index is 5.78. The zero-order chi connectivity index (χ0) is 7.56. The van der Waals surface area contributed by atoms with Crippen LogP contribution in [0.25, 0.3) is 0 Å². The van der Waals surface area contributed by atoms with Gasteiger partial charge in [0.25, 0.3) is 0 Å². The Labute approximate surface area is 73.9 Å². The van der Waals surface area contributed by atoms with E-state index in [0.29, 0.717) is 10.1 Å². The quantitative estimate of drug-likeness (QED) is 0.539. The summed E-state index contributed by atoms with van der Waals surface area (Å²) in [5, 5.41) is 3.02. The summed E-state index contributed by atoms with van der Waals surface area (Å²) in [5.74, 6) is 0. The predicted molar refractivity (Wildman–Crippen MR) is 48.6 cm³/mol. The molecule has 0 aliphatic carbocycles. The second-order valence-electron chi connectivity index (χ2n) is 1.78. The van der Waals surface area contributed by atoms with Crippen LogP contribution in [0.5, 0.6) is 0 Å². The molecule has 1 heterocycles. The van der Waals surface area contributed by atoms with Gasteiger partial charge in [-0.2, -0.15) is 0 Å². The van der Waals surface area contributed by atoms with Crippen molar-refractivity contribution in [1.82, 2.24) is 0 Å². The normalized spacial score (nSPS) is 18.9. The summed E-state index contributed by atoms with van der Waals surface area (Å²) in [4.78, 5) is 0. The van der Waals surface area contributed by atoms with Gasteiger partial charge in [-0.3, -0.25) is 0 Å². The van der Waals surface area contributed by atoms with E-state index in [4.69, 9.17) is 23.2 Å². The molecule has 1 rings (SSSR count). The van der Waals surface area contributed by atoms with E-state index in [-0.39, 0.29) is 0 Å². The highest BCUT2D eigenvalue weighted by molar-refractivity contribution is 8.01. The summed E-state index contributed by atoms with van der Waals surface area (Å²) in [6.07, 6.45) is 1.59. The second kappa shape index (κ2) is 3.46. The topological polar surface area (TPSA) is 12.4 Å². The summed E-state index contributed by atoms with van der Waals surface area (Å²) >= 11 is 12.8. The number of allylic oxidation sites excluding steroid dienone is 3. The van der Waals surface area contributed by atoms with Crippen molar-refractivity contribution < 1.29 is 0 Å². The molecule has 0 atom stereocenters. The smallest absolute Gasteiger partial charge is 0.0639 e. The van der Waals surface area contributed by atoms with Gasteiger partial charge >= 0.3 is 0 Å². The lowest BCUT2D eigenvalue weighted by Crippen LogP contribution is -1.79. The van der Waals surface area contributed by atoms with Gasteiger partial charge in [-0.05, 0) is 12.5 Å². The Morgan fingerprint density at radius 2 is 2.20 bits per heavy atom. The Morgan fingerprint density at radius 3 is 2.90 bits per heavy atom. The van der Waals surface area contributed by atoms with E-state index in [1.807, 2.05) is 6.92 Å². The molecular formula is C6H5Cl2NS. The van der Waals surface area contributed by atoms with E-state index >= 15 is 0 Å². The molecule has 0 bridgehead atoms. The number of nitrogens with zero attached hydrogens (tertiary/aromatic N) is 1. The molecule has 0 aromatic carbocycles. The van der Waals surface area contributed by atoms with Crippen molar-refractivity contribution >= 4 is 41.4 Å². The number of hydrogen-bond donors (Lipinski definition) is 0. The molecule has 1 aliphatic rings. The fourth-order valence-corrected chi connectivity index (χ4v) is 1.43. The highest BCUT2D eigenvalue weighted by Crippen LogP contribution is 2.26. The van der Waals surface area contributed by atoms with E-state index in [1.54, 1.807) is 11.6 Å². The summed E-state index contributed by atoms with van der Waals surface area (Å²) in [7, 11) is 0. The maximum absolute atomic E-state index is 5.78. The molecule has 0 unspecified atom stereocenters. The maximum Gasteiger partial charge on any atom is 0.0639 e. The SMILES string of the molecule is CC1=C(Cl)C=NSC=C1Cl. The van der Waals surface area contributed by atoms with E-state index in [2.05, 4.69) is 4.40 Å². The molecule has 0 saturated heterocycles. The predicted octanol–water partition coefficient (Wildman–Crippen LogP) is 3.31. The standard InChI is InChI=1S/C6H5Cl2NS/c1-4-5(7)2-9-10-3-6(4)8/h2-3H,1H3. The zero-order valence-corrected chi connectivity index (χ0v) is 7.59. The Morgan fingerprint density at radius 1 is 1.50 bits per heavy atom. The lowest BCUT2D eigenvalue weighted by Gasteiger charge is -1.94. The van der Waals surface area contributed by atoms with Crippen LogP contribution in [-0.4, -0.2) is 6.21 Å². The lowest BCUT2D eigenvalue weighted by atomic mass is 10.3. The van der Waals surface area contributed by atoms with Gasteiger partial charge in [-0.25, -0.2) is 4.40 Å². The summed E-state index contributed by atoms with van der Waals surface area (Å²) in [6.45, 7) is 1.86. The molecule has 0 radical (unpaired) electrons. The molecule has 0 spiro atoms. The third kappa shape index (κ3) is 1.78. The average molecular weight is 194 g/mol.